The molecule has 2 atom stereocenters. The third kappa shape index (κ3) is 4.43. The van der Waals surface area contributed by atoms with E-state index in [9.17, 15) is 4.79 Å². The molecule has 1 aliphatic carbocycles. The van der Waals surface area contributed by atoms with Gasteiger partial charge < -0.3 is 4.90 Å². The third-order valence-corrected chi connectivity index (χ3v) is 5.61. The molecule has 1 aromatic rings. The molecule has 0 N–H and O–H groups in total. The highest BCUT2D eigenvalue weighted by Gasteiger charge is 2.33. The number of amides is 1. The fraction of sp³-hybridized carbons (Fsp3) is 0.429. The number of rotatable bonds is 4. The lowest BCUT2D eigenvalue weighted by Crippen LogP contribution is -2.46. The minimum absolute atomic E-state index is 0.0588. The van der Waals surface area contributed by atoms with E-state index in [1.807, 2.05) is 30.3 Å². The molecule has 132 valence electrons. The molecule has 1 saturated heterocycles. The monoisotopic (exact) mass is 354 g/mol. The zero-order valence-corrected chi connectivity index (χ0v) is 16.0. The summed E-state index contributed by atoms with van der Waals surface area (Å²) in [4.78, 5) is 20.7. The van der Waals surface area contributed by atoms with Gasteiger partial charge in [0.15, 0.2) is 0 Å². The first-order valence-corrected chi connectivity index (χ1v) is 10.0. The van der Waals surface area contributed by atoms with Gasteiger partial charge in [-0.3, -0.25) is 4.79 Å². The standard InChI is InChI=1S/C21H26N2OS/c1-15(2)13-16(3)23-19-10-9-18(22-17-7-5-4-6-8-17)14-20(19)25-12-11-21(23)24/h4-10,14-16,19H,11-13H2,1-3H3. The second kappa shape index (κ2) is 8.05. The number of fused-ring (bicyclic) bond motifs is 1. The average molecular weight is 355 g/mol. The van der Waals surface area contributed by atoms with Crippen molar-refractivity contribution in [3.8, 4) is 0 Å². The van der Waals surface area contributed by atoms with Gasteiger partial charge in [0.1, 0.15) is 0 Å². The molecule has 2 unspecified atom stereocenters. The van der Waals surface area contributed by atoms with Crippen molar-refractivity contribution < 1.29 is 4.79 Å². The van der Waals surface area contributed by atoms with Crippen molar-refractivity contribution in [3.05, 3.63) is 53.5 Å². The molecule has 1 aromatic carbocycles. The molecule has 0 aromatic heterocycles. The molecule has 4 heteroatoms. The van der Waals surface area contributed by atoms with Crippen LogP contribution in [-0.2, 0) is 4.79 Å². The van der Waals surface area contributed by atoms with E-state index in [1.54, 1.807) is 11.8 Å². The highest BCUT2D eigenvalue weighted by atomic mass is 32.2. The third-order valence-electron chi connectivity index (χ3n) is 4.51. The number of aliphatic imine (C=N–C) groups is 1. The Morgan fingerprint density at radius 3 is 2.72 bits per heavy atom. The Bertz CT molecular complexity index is 706. The van der Waals surface area contributed by atoms with Crippen molar-refractivity contribution in [1.29, 1.82) is 0 Å². The molecular formula is C21H26N2OS. The SMILES string of the molecule is CC(C)CC(C)N1C(=O)CCSC2=CC(=Nc3ccccc3)C=CC21. The van der Waals surface area contributed by atoms with Crippen LogP contribution in [0, 0.1) is 5.92 Å². The van der Waals surface area contributed by atoms with Crippen LogP contribution in [0.15, 0.2) is 58.5 Å². The predicted octanol–water partition coefficient (Wildman–Crippen LogP) is 4.98. The molecule has 1 amide bonds. The van der Waals surface area contributed by atoms with Crippen LogP contribution in [0.5, 0.6) is 0 Å². The largest absolute Gasteiger partial charge is 0.329 e. The van der Waals surface area contributed by atoms with Gasteiger partial charge in [0.05, 0.1) is 17.4 Å². The number of carbonyl (C=O) groups is 1. The Kier molecular flexibility index (Phi) is 5.79. The molecule has 0 saturated carbocycles. The van der Waals surface area contributed by atoms with Gasteiger partial charge in [-0.2, -0.15) is 0 Å². The lowest BCUT2D eigenvalue weighted by atomic mass is 9.99. The minimum Gasteiger partial charge on any atom is -0.329 e. The van der Waals surface area contributed by atoms with Crippen LogP contribution in [-0.4, -0.2) is 34.4 Å². The second-order valence-electron chi connectivity index (χ2n) is 7.10. The quantitative estimate of drug-likeness (QED) is 0.764. The summed E-state index contributed by atoms with van der Waals surface area (Å²) in [6.07, 6.45) is 7.98. The zero-order chi connectivity index (χ0) is 17.8. The van der Waals surface area contributed by atoms with E-state index < -0.39 is 0 Å². The van der Waals surface area contributed by atoms with Crippen LogP contribution in [0.4, 0.5) is 5.69 Å². The Morgan fingerprint density at radius 1 is 1.24 bits per heavy atom. The molecule has 1 aliphatic heterocycles. The van der Waals surface area contributed by atoms with Crippen molar-refractivity contribution in [2.45, 2.75) is 45.7 Å². The number of carbonyl (C=O) groups excluding carboxylic acids is 1. The van der Waals surface area contributed by atoms with Gasteiger partial charge in [-0.1, -0.05) is 38.1 Å². The summed E-state index contributed by atoms with van der Waals surface area (Å²) in [5, 5.41) is 0. The molecule has 1 fully saturated rings. The fourth-order valence-corrected chi connectivity index (χ4v) is 4.58. The van der Waals surface area contributed by atoms with Crippen LogP contribution in [0.3, 0.4) is 0 Å². The number of para-hydroxylation sites is 1. The molecule has 0 radical (unpaired) electrons. The Labute approximate surface area is 154 Å². The van der Waals surface area contributed by atoms with E-state index in [0.29, 0.717) is 12.3 Å². The van der Waals surface area contributed by atoms with E-state index in [1.165, 1.54) is 4.91 Å². The van der Waals surface area contributed by atoms with Crippen LogP contribution >= 0.6 is 11.8 Å². The van der Waals surface area contributed by atoms with Crippen molar-refractivity contribution >= 4 is 29.1 Å². The number of hydrogen-bond donors (Lipinski definition) is 0. The van der Waals surface area contributed by atoms with Crippen molar-refractivity contribution in [2.24, 2.45) is 10.9 Å². The predicted molar refractivity (Wildman–Crippen MR) is 107 cm³/mol. The van der Waals surface area contributed by atoms with Crippen molar-refractivity contribution in [2.75, 3.05) is 5.75 Å². The first-order chi connectivity index (χ1) is 12.0. The summed E-state index contributed by atoms with van der Waals surface area (Å²) < 4.78 is 0. The smallest absolute Gasteiger partial charge is 0.224 e. The first-order valence-electron chi connectivity index (χ1n) is 9.02. The van der Waals surface area contributed by atoms with Gasteiger partial charge in [-0.25, -0.2) is 4.99 Å². The number of thioether (sulfide) groups is 1. The summed E-state index contributed by atoms with van der Waals surface area (Å²) >= 11 is 1.79. The molecule has 3 rings (SSSR count). The number of allylic oxidation sites excluding steroid dienone is 2. The van der Waals surface area contributed by atoms with Crippen molar-refractivity contribution in [3.63, 3.8) is 0 Å². The van der Waals surface area contributed by atoms with E-state index in [2.05, 4.69) is 43.9 Å². The lowest BCUT2D eigenvalue weighted by Gasteiger charge is -2.36. The minimum atomic E-state index is 0.0588. The number of hydrogen-bond acceptors (Lipinski definition) is 3. The van der Waals surface area contributed by atoms with E-state index >= 15 is 0 Å². The Balaban J connectivity index is 1.87. The zero-order valence-electron chi connectivity index (χ0n) is 15.2. The van der Waals surface area contributed by atoms with Crippen LogP contribution in [0.25, 0.3) is 0 Å². The topological polar surface area (TPSA) is 32.7 Å². The highest BCUT2D eigenvalue weighted by Crippen LogP contribution is 2.34. The average Bonchev–Trinajstić information content (AvgIpc) is 2.73. The number of nitrogens with zero attached hydrogens (tertiary/aromatic N) is 2. The molecule has 0 spiro atoms. The summed E-state index contributed by atoms with van der Waals surface area (Å²) in [5.41, 5.74) is 1.91. The number of benzene rings is 1. The first kappa shape index (κ1) is 18.0. The lowest BCUT2D eigenvalue weighted by molar-refractivity contribution is -0.133. The van der Waals surface area contributed by atoms with E-state index in [0.717, 1.165) is 23.6 Å². The second-order valence-corrected chi connectivity index (χ2v) is 8.27. The van der Waals surface area contributed by atoms with Gasteiger partial charge >= 0.3 is 0 Å². The molecule has 25 heavy (non-hydrogen) atoms. The maximum absolute atomic E-state index is 12.7. The van der Waals surface area contributed by atoms with Gasteiger partial charge in [-0.05, 0) is 43.5 Å². The van der Waals surface area contributed by atoms with Crippen LogP contribution in [0.1, 0.15) is 33.6 Å². The van der Waals surface area contributed by atoms with Gasteiger partial charge in [0.2, 0.25) is 5.91 Å². The van der Waals surface area contributed by atoms with E-state index in [4.69, 9.17) is 4.99 Å². The van der Waals surface area contributed by atoms with Crippen LogP contribution in [0.2, 0.25) is 0 Å². The molecule has 3 nitrogen and oxygen atoms in total. The molecular weight excluding hydrogens is 328 g/mol. The Hall–Kier alpha value is -1.81. The summed E-state index contributed by atoms with van der Waals surface area (Å²) in [7, 11) is 0. The Morgan fingerprint density at radius 2 is 2.00 bits per heavy atom. The molecule has 0 bridgehead atoms. The normalized spacial score (nSPS) is 23.4. The summed E-state index contributed by atoms with van der Waals surface area (Å²) in [6.45, 7) is 6.60. The maximum Gasteiger partial charge on any atom is 0.224 e. The van der Waals surface area contributed by atoms with Crippen LogP contribution < -0.4 is 0 Å². The van der Waals surface area contributed by atoms with Gasteiger partial charge in [0, 0.05) is 23.1 Å². The summed E-state index contributed by atoms with van der Waals surface area (Å²) in [5.74, 6) is 1.69. The van der Waals surface area contributed by atoms with E-state index in [-0.39, 0.29) is 18.0 Å². The van der Waals surface area contributed by atoms with Gasteiger partial charge in [-0.15, -0.1) is 11.8 Å². The summed E-state index contributed by atoms with van der Waals surface area (Å²) in [6, 6.07) is 10.3. The highest BCUT2D eigenvalue weighted by molar-refractivity contribution is 8.03. The van der Waals surface area contributed by atoms with Crippen molar-refractivity contribution in [1.82, 2.24) is 4.90 Å². The molecule has 2 aliphatic rings. The fourth-order valence-electron chi connectivity index (χ4n) is 3.50. The molecule has 1 heterocycles. The van der Waals surface area contributed by atoms with Gasteiger partial charge in [0.25, 0.3) is 0 Å². The maximum atomic E-state index is 12.7.